The smallest absolute Gasteiger partial charge is 0.264 e. The van der Waals surface area contributed by atoms with Gasteiger partial charge in [0.2, 0.25) is 0 Å². The van der Waals surface area contributed by atoms with Crippen LogP contribution < -0.4 is 0 Å². The highest BCUT2D eigenvalue weighted by atomic mass is 35.5. The van der Waals surface area contributed by atoms with Crippen molar-refractivity contribution in [1.82, 2.24) is 5.16 Å². The zero-order valence-electron chi connectivity index (χ0n) is 10.4. The van der Waals surface area contributed by atoms with Gasteiger partial charge in [-0.25, -0.2) is 0 Å². The Kier molecular flexibility index (Phi) is 3.93. The number of hydrogen-bond acceptors (Lipinski definition) is 5. The Morgan fingerprint density at radius 1 is 1.42 bits per heavy atom. The first-order valence-electron chi connectivity index (χ1n) is 5.42. The maximum absolute atomic E-state index is 10.9. The monoisotopic (exact) mass is 301 g/mol. The molecule has 2 aromatic rings. The van der Waals surface area contributed by atoms with Crippen LogP contribution >= 0.6 is 11.6 Å². The van der Waals surface area contributed by atoms with Gasteiger partial charge in [0, 0.05) is 16.1 Å². The van der Waals surface area contributed by atoms with Gasteiger partial charge in [-0.1, -0.05) is 28.9 Å². The molecule has 0 fully saturated rings. The van der Waals surface area contributed by atoms with Crippen LogP contribution in [0.1, 0.15) is 11.3 Å². The lowest BCUT2D eigenvalue weighted by Gasteiger charge is -2.00. The lowest BCUT2D eigenvalue weighted by atomic mass is 10.1. The fourth-order valence-electron chi connectivity index (χ4n) is 1.57. The van der Waals surface area contributed by atoms with E-state index in [-0.39, 0.29) is 6.61 Å². The van der Waals surface area contributed by atoms with Crippen LogP contribution in [0.2, 0.25) is 5.02 Å². The van der Waals surface area contributed by atoms with Crippen LogP contribution in [0, 0.1) is 6.92 Å². The van der Waals surface area contributed by atoms with E-state index < -0.39 is 10.1 Å². The topological polar surface area (TPSA) is 69.4 Å². The van der Waals surface area contributed by atoms with Gasteiger partial charge in [0.05, 0.1) is 6.26 Å². The third kappa shape index (κ3) is 3.56. The molecule has 102 valence electrons. The van der Waals surface area contributed by atoms with Crippen molar-refractivity contribution < 1.29 is 17.1 Å². The van der Waals surface area contributed by atoms with Crippen molar-refractivity contribution in [3.8, 4) is 11.3 Å². The van der Waals surface area contributed by atoms with Crippen LogP contribution in [0.15, 0.2) is 28.8 Å². The fraction of sp³-hybridized carbons (Fsp3) is 0.250. The highest BCUT2D eigenvalue weighted by Crippen LogP contribution is 2.28. The van der Waals surface area contributed by atoms with Gasteiger partial charge >= 0.3 is 0 Å². The molecular weight excluding hydrogens is 290 g/mol. The maximum atomic E-state index is 10.9. The van der Waals surface area contributed by atoms with E-state index in [4.69, 9.17) is 20.3 Å². The van der Waals surface area contributed by atoms with Gasteiger partial charge in [0.25, 0.3) is 10.1 Å². The summed E-state index contributed by atoms with van der Waals surface area (Å²) in [6.45, 7) is 1.64. The molecule has 0 radical (unpaired) electrons. The van der Waals surface area contributed by atoms with Crippen molar-refractivity contribution in [1.29, 1.82) is 0 Å². The van der Waals surface area contributed by atoms with Crippen LogP contribution in [0.25, 0.3) is 11.3 Å². The lowest BCUT2D eigenvalue weighted by Crippen LogP contribution is -2.03. The van der Waals surface area contributed by atoms with E-state index in [1.807, 2.05) is 6.07 Å². The summed E-state index contributed by atoms with van der Waals surface area (Å²) in [5.41, 5.74) is 1.95. The minimum atomic E-state index is -3.50. The van der Waals surface area contributed by atoms with Gasteiger partial charge in [0.15, 0.2) is 5.76 Å². The van der Waals surface area contributed by atoms with E-state index in [9.17, 15) is 8.42 Å². The van der Waals surface area contributed by atoms with Crippen LogP contribution in [-0.4, -0.2) is 19.8 Å². The molecule has 7 heteroatoms. The molecule has 0 aliphatic heterocycles. The van der Waals surface area contributed by atoms with Gasteiger partial charge < -0.3 is 4.52 Å². The average Bonchev–Trinajstić information content (AvgIpc) is 2.67. The molecule has 1 aromatic carbocycles. The summed E-state index contributed by atoms with van der Waals surface area (Å²) < 4.78 is 31.8. The number of nitrogens with zero attached hydrogens (tertiary/aromatic N) is 1. The van der Waals surface area contributed by atoms with Gasteiger partial charge in [0.1, 0.15) is 12.3 Å². The Morgan fingerprint density at radius 2 is 2.16 bits per heavy atom. The van der Waals surface area contributed by atoms with E-state index >= 15 is 0 Å². The molecule has 19 heavy (non-hydrogen) atoms. The minimum Gasteiger partial charge on any atom is -0.356 e. The first-order valence-corrected chi connectivity index (χ1v) is 7.62. The van der Waals surface area contributed by atoms with Gasteiger partial charge in [-0.2, -0.15) is 8.42 Å². The summed E-state index contributed by atoms with van der Waals surface area (Å²) >= 11 is 5.91. The predicted molar refractivity (Wildman–Crippen MR) is 71.3 cm³/mol. The van der Waals surface area contributed by atoms with E-state index in [1.54, 1.807) is 25.1 Å². The van der Waals surface area contributed by atoms with Crippen molar-refractivity contribution in [3.63, 3.8) is 0 Å². The standard InChI is InChI=1S/C12H12ClNO4S/c1-8-11(7-17-19(2,15)16)14-18-12(8)9-4-3-5-10(13)6-9/h3-6H,7H2,1-2H3. The second-order valence-electron chi connectivity index (χ2n) is 4.06. The first-order chi connectivity index (χ1) is 8.87. The molecule has 1 aromatic heterocycles. The van der Waals surface area contributed by atoms with E-state index in [0.717, 1.165) is 17.4 Å². The van der Waals surface area contributed by atoms with Crippen molar-refractivity contribution in [2.75, 3.05) is 6.26 Å². The Bertz CT molecular complexity index is 694. The van der Waals surface area contributed by atoms with Gasteiger partial charge in [-0.3, -0.25) is 4.18 Å². The summed E-state index contributed by atoms with van der Waals surface area (Å²) in [5.74, 6) is 0.551. The summed E-state index contributed by atoms with van der Waals surface area (Å²) in [5, 5.41) is 4.40. The molecule has 0 N–H and O–H groups in total. The number of rotatable bonds is 4. The fourth-order valence-corrected chi connectivity index (χ4v) is 2.08. The van der Waals surface area contributed by atoms with Crippen LogP contribution in [-0.2, 0) is 20.9 Å². The van der Waals surface area contributed by atoms with E-state index in [2.05, 4.69) is 5.16 Å². The quantitative estimate of drug-likeness (QED) is 0.812. The average molecular weight is 302 g/mol. The van der Waals surface area contributed by atoms with Crippen molar-refractivity contribution in [3.05, 3.63) is 40.5 Å². The van der Waals surface area contributed by atoms with Crippen LogP contribution in [0.4, 0.5) is 0 Å². The Morgan fingerprint density at radius 3 is 2.79 bits per heavy atom. The van der Waals surface area contributed by atoms with E-state index in [1.165, 1.54) is 0 Å². The molecule has 0 unspecified atom stereocenters. The number of hydrogen-bond donors (Lipinski definition) is 0. The second kappa shape index (κ2) is 5.32. The summed E-state index contributed by atoms with van der Waals surface area (Å²) in [6.07, 6.45) is 0.986. The molecule has 1 heterocycles. The van der Waals surface area contributed by atoms with Crippen molar-refractivity contribution in [2.45, 2.75) is 13.5 Å². The molecule has 2 rings (SSSR count). The molecule has 0 saturated heterocycles. The van der Waals surface area contributed by atoms with E-state index in [0.29, 0.717) is 16.5 Å². The molecule has 0 saturated carbocycles. The molecule has 0 aliphatic rings. The molecular formula is C12H12ClNO4S. The molecule has 5 nitrogen and oxygen atoms in total. The first kappa shape index (κ1) is 14.0. The molecule has 0 spiro atoms. The molecule has 0 aliphatic carbocycles. The SMILES string of the molecule is Cc1c(COS(C)(=O)=O)noc1-c1cccc(Cl)c1. The Balaban J connectivity index is 2.28. The maximum Gasteiger partial charge on any atom is 0.264 e. The summed E-state index contributed by atoms with van der Waals surface area (Å²) in [6, 6.07) is 7.13. The molecule has 0 atom stereocenters. The molecule has 0 amide bonds. The number of halogens is 1. The lowest BCUT2D eigenvalue weighted by molar-refractivity contribution is 0.296. The number of benzene rings is 1. The zero-order chi connectivity index (χ0) is 14.0. The summed E-state index contributed by atoms with van der Waals surface area (Å²) in [4.78, 5) is 0. The Labute approximate surface area is 116 Å². The zero-order valence-corrected chi connectivity index (χ0v) is 12.0. The van der Waals surface area contributed by atoms with Crippen molar-refractivity contribution in [2.24, 2.45) is 0 Å². The third-order valence-corrected chi connectivity index (χ3v) is 3.30. The van der Waals surface area contributed by atoms with Crippen LogP contribution in [0.5, 0.6) is 0 Å². The third-order valence-electron chi connectivity index (χ3n) is 2.52. The second-order valence-corrected chi connectivity index (χ2v) is 6.14. The largest absolute Gasteiger partial charge is 0.356 e. The summed E-state index contributed by atoms with van der Waals surface area (Å²) in [7, 11) is -3.50. The highest BCUT2D eigenvalue weighted by Gasteiger charge is 2.15. The number of aromatic nitrogens is 1. The minimum absolute atomic E-state index is 0.144. The normalized spacial score (nSPS) is 11.7. The molecule has 0 bridgehead atoms. The van der Waals surface area contributed by atoms with Gasteiger partial charge in [-0.15, -0.1) is 0 Å². The van der Waals surface area contributed by atoms with Crippen molar-refractivity contribution >= 4 is 21.7 Å². The van der Waals surface area contributed by atoms with Crippen LogP contribution in [0.3, 0.4) is 0 Å². The predicted octanol–water partition coefficient (Wildman–Crippen LogP) is 2.78. The Hall–Kier alpha value is -1.37. The van der Waals surface area contributed by atoms with Gasteiger partial charge in [-0.05, 0) is 19.1 Å². The highest BCUT2D eigenvalue weighted by molar-refractivity contribution is 7.85.